The molecule has 2 aromatic carbocycles. The molecule has 1 N–H and O–H groups in total. The first-order chi connectivity index (χ1) is 14.2. The molecular weight excluding hydrogens is 366 g/mol. The zero-order valence-electron chi connectivity index (χ0n) is 16.8. The number of hydrogen-bond acceptors (Lipinski definition) is 4. The lowest BCUT2D eigenvalue weighted by atomic mass is 10.1. The number of nitrogens with zero attached hydrogens (tertiary/aromatic N) is 2. The molecule has 0 atom stereocenters. The lowest BCUT2D eigenvalue weighted by Crippen LogP contribution is -2.37. The van der Waals surface area contributed by atoms with Crippen LogP contribution in [-0.4, -0.2) is 44.7 Å². The summed E-state index contributed by atoms with van der Waals surface area (Å²) < 4.78 is 5.45. The smallest absolute Gasteiger partial charge is 0.251 e. The summed E-state index contributed by atoms with van der Waals surface area (Å²) in [6.07, 6.45) is 1.28. The molecule has 0 aliphatic carbocycles. The summed E-state index contributed by atoms with van der Waals surface area (Å²) in [5.41, 5.74) is 4.89. The Hall–Kier alpha value is -2.86. The molecule has 0 aromatic heterocycles. The summed E-state index contributed by atoms with van der Waals surface area (Å²) in [7, 11) is 0. The van der Waals surface area contributed by atoms with Crippen molar-refractivity contribution in [2.45, 2.75) is 26.3 Å². The number of ether oxygens (including phenoxy) is 1. The number of fused-ring (bicyclic) bond motifs is 1. The third kappa shape index (κ3) is 4.12. The van der Waals surface area contributed by atoms with Crippen LogP contribution in [0.3, 0.4) is 0 Å². The second-order valence-electron chi connectivity index (χ2n) is 7.40. The molecule has 4 rings (SSSR count). The van der Waals surface area contributed by atoms with Crippen LogP contribution in [0.1, 0.15) is 34.8 Å². The predicted molar refractivity (Wildman–Crippen MR) is 113 cm³/mol. The van der Waals surface area contributed by atoms with Crippen molar-refractivity contribution in [3.63, 3.8) is 0 Å². The Balaban J connectivity index is 1.44. The molecule has 2 heterocycles. The van der Waals surface area contributed by atoms with Crippen molar-refractivity contribution in [1.82, 2.24) is 5.32 Å². The molecule has 0 unspecified atom stereocenters. The minimum absolute atomic E-state index is 0.0927. The fraction of sp³-hybridized carbons (Fsp3) is 0.391. The molecule has 6 nitrogen and oxygen atoms in total. The third-order valence-electron chi connectivity index (χ3n) is 5.62. The number of hydrogen-bond donors (Lipinski definition) is 1. The minimum atomic E-state index is -0.0927. The quantitative estimate of drug-likeness (QED) is 0.849. The van der Waals surface area contributed by atoms with Crippen LogP contribution < -0.4 is 15.1 Å². The Kier molecular flexibility index (Phi) is 5.81. The number of carbonyl (C=O) groups excluding carboxylic acids is 2. The van der Waals surface area contributed by atoms with E-state index in [1.54, 1.807) is 0 Å². The van der Waals surface area contributed by atoms with E-state index in [0.717, 1.165) is 55.2 Å². The van der Waals surface area contributed by atoms with E-state index in [0.29, 0.717) is 25.1 Å². The number of anilines is 2. The minimum Gasteiger partial charge on any atom is -0.378 e. The van der Waals surface area contributed by atoms with Gasteiger partial charge in [0.05, 0.1) is 13.2 Å². The maximum atomic E-state index is 12.8. The van der Waals surface area contributed by atoms with Crippen LogP contribution in [0.15, 0.2) is 42.5 Å². The number of rotatable bonds is 5. The Morgan fingerprint density at radius 3 is 2.62 bits per heavy atom. The summed E-state index contributed by atoms with van der Waals surface area (Å²) in [6.45, 7) is 6.23. The van der Waals surface area contributed by atoms with Gasteiger partial charge in [-0.15, -0.1) is 0 Å². The summed E-state index contributed by atoms with van der Waals surface area (Å²) in [5, 5.41) is 3.05. The van der Waals surface area contributed by atoms with Gasteiger partial charge in [-0.3, -0.25) is 9.59 Å². The fourth-order valence-corrected chi connectivity index (χ4v) is 4.04. The average Bonchev–Trinajstić information content (AvgIpc) is 3.21. The molecule has 2 aromatic rings. The van der Waals surface area contributed by atoms with Crippen molar-refractivity contribution in [2.24, 2.45) is 0 Å². The fourth-order valence-electron chi connectivity index (χ4n) is 4.04. The van der Waals surface area contributed by atoms with Gasteiger partial charge in [-0.2, -0.15) is 0 Å². The van der Waals surface area contributed by atoms with Crippen LogP contribution in [0.5, 0.6) is 0 Å². The normalized spacial score (nSPS) is 15.9. The molecule has 1 saturated heterocycles. The molecule has 0 bridgehead atoms. The van der Waals surface area contributed by atoms with Gasteiger partial charge >= 0.3 is 0 Å². The van der Waals surface area contributed by atoms with Crippen LogP contribution in [0.4, 0.5) is 11.4 Å². The van der Waals surface area contributed by atoms with E-state index in [1.807, 2.05) is 42.2 Å². The first-order valence-corrected chi connectivity index (χ1v) is 10.3. The molecular formula is C23H27N3O3. The van der Waals surface area contributed by atoms with Crippen molar-refractivity contribution in [1.29, 1.82) is 0 Å². The SMILES string of the molecule is CCC(=O)N1CCc2cc(C(=O)NCc3ccccc3N3CCOCC3)ccc21. The number of carbonyl (C=O) groups is 2. The number of benzene rings is 2. The molecule has 2 aliphatic heterocycles. The molecule has 0 saturated carbocycles. The lowest BCUT2D eigenvalue weighted by Gasteiger charge is -2.30. The summed E-state index contributed by atoms with van der Waals surface area (Å²) in [4.78, 5) is 28.9. The van der Waals surface area contributed by atoms with Gasteiger partial charge in [-0.05, 0) is 41.8 Å². The van der Waals surface area contributed by atoms with Crippen molar-refractivity contribution in [3.8, 4) is 0 Å². The molecule has 1 fully saturated rings. The molecule has 0 radical (unpaired) electrons. The highest BCUT2D eigenvalue weighted by atomic mass is 16.5. The highest BCUT2D eigenvalue weighted by molar-refractivity contribution is 5.98. The van der Waals surface area contributed by atoms with E-state index in [2.05, 4.69) is 22.3 Å². The van der Waals surface area contributed by atoms with Crippen molar-refractivity contribution in [2.75, 3.05) is 42.6 Å². The van der Waals surface area contributed by atoms with E-state index in [-0.39, 0.29) is 11.8 Å². The van der Waals surface area contributed by atoms with Gasteiger partial charge in [0.15, 0.2) is 0 Å². The molecule has 0 spiro atoms. The van der Waals surface area contributed by atoms with Gasteiger partial charge < -0.3 is 19.9 Å². The highest BCUT2D eigenvalue weighted by Gasteiger charge is 2.24. The van der Waals surface area contributed by atoms with E-state index in [1.165, 1.54) is 0 Å². The van der Waals surface area contributed by atoms with E-state index < -0.39 is 0 Å². The highest BCUT2D eigenvalue weighted by Crippen LogP contribution is 2.29. The maximum Gasteiger partial charge on any atom is 0.251 e. The molecule has 152 valence electrons. The van der Waals surface area contributed by atoms with Gasteiger partial charge in [0.25, 0.3) is 5.91 Å². The van der Waals surface area contributed by atoms with Gasteiger partial charge in [-0.25, -0.2) is 0 Å². The maximum absolute atomic E-state index is 12.8. The Morgan fingerprint density at radius 1 is 1.03 bits per heavy atom. The Morgan fingerprint density at radius 2 is 1.83 bits per heavy atom. The first-order valence-electron chi connectivity index (χ1n) is 10.3. The molecule has 29 heavy (non-hydrogen) atoms. The Labute approximate surface area is 171 Å². The van der Waals surface area contributed by atoms with E-state index in [4.69, 9.17) is 4.74 Å². The first kappa shape index (κ1) is 19.5. The number of nitrogens with one attached hydrogen (secondary N) is 1. The average molecular weight is 393 g/mol. The second kappa shape index (κ2) is 8.66. The topological polar surface area (TPSA) is 61.9 Å². The second-order valence-corrected chi connectivity index (χ2v) is 7.40. The van der Waals surface area contributed by atoms with Crippen LogP contribution in [0.25, 0.3) is 0 Å². The Bertz CT molecular complexity index is 906. The van der Waals surface area contributed by atoms with Crippen molar-refractivity contribution >= 4 is 23.2 Å². The van der Waals surface area contributed by atoms with E-state index in [9.17, 15) is 9.59 Å². The summed E-state index contributed by atoms with van der Waals surface area (Å²) >= 11 is 0. The van der Waals surface area contributed by atoms with Crippen LogP contribution in [-0.2, 0) is 22.5 Å². The van der Waals surface area contributed by atoms with Gasteiger partial charge in [0, 0.05) is 49.5 Å². The largest absolute Gasteiger partial charge is 0.378 e. The summed E-state index contributed by atoms with van der Waals surface area (Å²) in [5.74, 6) is 0.0329. The van der Waals surface area contributed by atoms with Gasteiger partial charge in [0.1, 0.15) is 0 Å². The zero-order chi connectivity index (χ0) is 20.2. The van der Waals surface area contributed by atoms with Crippen LogP contribution in [0, 0.1) is 0 Å². The summed E-state index contributed by atoms with van der Waals surface area (Å²) in [6, 6.07) is 13.8. The molecule has 2 amide bonds. The van der Waals surface area contributed by atoms with Gasteiger partial charge in [-0.1, -0.05) is 25.1 Å². The predicted octanol–water partition coefficient (Wildman–Crippen LogP) is 2.75. The standard InChI is InChI=1S/C23H27N3O3/c1-2-22(27)26-10-9-17-15-18(7-8-21(17)26)23(28)24-16-19-5-3-4-6-20(19)25-11-13-29-14-12-25/h3-8,15H,2,9-14,16H2,1H3,(H,24,28). The molecule has 2 aliphatic rings. The van der Waals surface area contributed by atoms with Crippen LogP contribution >= 0.6 is 0 Å². The zero-order valence-corrected chi connectivity index (χ0v) is 16.8. The number of morpholine rings is 1. The monoisotopic (exact) mass is 393 g/mol. The van der Waals surface area contributed by atoms with Gasteiger partial charge in [0.2, 0.25) is 5.91 Å². The van der Waals surface area contributed by atoms with Crippen LogP contribution in [0.2, 0.25) is 0 Å². The molecule has 6 heteroatoms. The third-order valence-corrected chi connectivity index (χ3v) is 5.62. The van der Waals surface area contributed by atoms with Crippen molar-refractivity contribution in [3.05, 3.63) is 59.2 Å². The number of para-hydroxylation sites is 1. The van der Waals surface area contributed by atoms with Crippen molar-refractivity contribution < 1.29 is 14.3 Å². The number of amides is 2. The lowest BCUT2D eigenvalue weighted by molar-refractivity contribution is -0.118. The van der Waals surface area contributed by atoms with E-state index >= 15 is 0 Å².